The largest absolute Gasteiger partial charge is 0.486 e. The Kier molecular flexibility index (Phi) is 3.56. The summed E-state index contributed by atoms with van der Waals surface area (Å²) in [4.78, 5) is 12.1. The fourth-order valence-electron chi connectivity index (χ4n) is 2.91. The van der Waals surface area contributed by atoms with E-state index in [1.807, 2.05) is 18.2 Å². The molecule has 1 aliphatic heterocycles. The smallest absolute Gasteiger partial charge is 0.315 e. The first-order chi connectivity index (χ1) is 10.8. The lowest BCUT2D eigenvalue weighted by atomic mass is 10.0. The molecule has 2 fully saturated rings. The van der Waals surface area contributed by atoms with Crippen molar-refractivity contribution in [2.75, 3.05) is 19.8 Å². The van der Waals surface area contributed by atoms with Crippen molar-refractivity contribution >= 4 is 6.03 Å². The van der Waals surface area contributed by atoms with Crippen LogP contribution in [0.4, 0.5) is 4.79 Å². The summed E-state index contributed by atoms with van der Waals surface area (Å²) < 4.78 is 11.2. The van der Waals surface area contributed by atoms with Crippen LogP contribution in [-0.2, 0) is 0 Å². The Morgan fingerprint density at radius 3 is 2.64 bits per heavy atom. The summed E-state index contributed by atoms with van der Waals surface area (Å²) >= 11 is 0. The van der Waals surface area contributed by atoms with E-state index in [1.54, 1.807) is 0 Å². The minimum Gasteiger partial charge on any atom is -0.486 e. The molecule has 118 valence electrons. The maximum Gasteiger partial charge on any atom is 0.315 e. The molecule has 5 heteroatoms. The number of hydrogen-bond acceptors (Lipinski definition) is 3. The predicted molar refractivity (Wildman–Crippen MR) is 82.2 cm³/mol. The van der Waals surface area contributed by atoms with Gasteiger partial charge in [0.1, 0.15) is 13.2 Å². The van der Waals surface area contributed by atoms with Crippen molar-refractivity contribution < 1.29 is 14.3 Å². The van der Waals surface area contributed by atoms with Crippen molar-refractivity contribution in [1.82, 2.24) is 10.6 Å². The fourth-order valence-corrected chi connectivity index (χ4v) is 2.91. The number of benzene rings is 1. The Bertz CT molecular complexity index is 567. The third kappa shape index (κ3) is 3.13. The van der Waals surface area contributed by atoms with Crippen molar-refractivity contribution in [3.8, 4) is 11.5 Å². The van der Waals surface area contributed by atoms with Gasteiger partial charge in [0.25, 0.3) is 0 Å². The third-order valence-corrected chi connectivity index (χ3v) is 4.55. The molecule has 0 unspecified atom stereocenters. The summed E-state index contributed by atoms with van der Waals surface area (Å²) in [6, 6.07) is 6.01. The average Bonchev–Trinajstić information content (AvgIpc) is 3.43. The molecule has 0 saturated heterocycles. The number of amides is 2. The van der Waals surface area contributed by atoms with E-state index in [-0.39, 0.29) is 12.1 Å². The second-order valence-corrected chi connectivity index (χ2v) is 6.52. The van der Waals surface area contributed by atoms with E-state index in [4.69, 9.17) is 9.47 Å². The van der Waals surface area contributed by atoms with Gasteiger partial charge in [-0.15, -0.1) is 0 Å². The van der Waals surface area contributed by atoms with E-state index >= 15 is 0 Å². The molecular formula is C17H22N2O3. The van der Waals surface area contributed by atoms with E-state index in [9.17, 15) is 4.79 Å². The van der Waals surface area contributed by atoms with Gasteiger partial charge in [-0.3, -0.25) is 0 Å². The highest BCUT2D eigenvalue weighted by Gasteiger charge is 2.34. The number of nitrogens with one attached hydrogen (secondary N) is 2. The predicted octanol–water partition coefficient (Wildman–Crippen LogP) is 2.62. The number of fused-ring (bicyclic) bond motifs is 1. The van der Waals surface area contributed by atoms with Gasteiger partial charge in [-0.05, 0) is 55.2 Å². The monoisotopic (exact) mass is 302 g/mol. The van der Waals surface area contributed by atoms with Crippen LogP contribution >= 0.6 is 0 Å². The van der Waals surface area contributed by atoms with Crippen LogP contribution in [-0.4, -0.2) is 25.8 Å². The maximum atomic E-state index is 12.1. The van der Waals surface area contributed by atoms with Gasteiger partial charge in [0.05, 0.1) is 6.04 Å². The highest BCUT2D eigenvalue weighted by atomic mass is 16.6. The number of ether oxygens (including phenoxy) is 2. The average molecular weight is 302 g/mol. The SMILES string of the molecule is O=C(NCC1CC1)N[C@@H](c1ccc2c(c1)OCCO2)C1CC1. The first-order valence-electron chi connectivity index (χ1n) is 8.23. The Balaban J connectivity index is 1.45. The second-order valence-electron chi connectivity index (χ2n) is 6.52. The van der Waals surface area contributed by atoms with Gasteiger partial charge in [0.15, 0.2) is 11.5 Å². The molecule has 2 saturated carbocycles. The number of carbonyl (C=O) groups excluding carboxylic acids is 1. The maximum absolute atomic E-state index is 12.1. The number of urea groups is 1. The molecule has 1 heterocycles. The molecule has 1 aromatic rings. The summed E-state index contributed by atoms with van der Waals surface area (Å²) in [6.45, 7) is 1.98. The first kappa shape index (κ1) is 13.7. The van der Waals surface area contributed by atoms with Gasteiger partial charge >= 0.3 is 6.03 Å². The summed E-state index contributed by atoms with van der Waals surface area (Å²) in [7, 11) is 0. The summed E-state index contributed by atoms with van der Waals surface area (Å²) in [5.74, 6) is 2.81. The third-order valence-electron chi connectivity index (χ3n) is 4.55. The zero-order valence-corrected chi connectivity index (χ0v) is 12.6. The normalized spacial score (nSPS) is 21.1. The van der Waals surface area contributed by atoms with Crippen molar-refractivity contribution in [2.24, 2.45) is 11.8 Å². The van der Waals surface area contributed by atoms with Gasteiger partial charge in [-0.1, -0.05) is 6.07 Å². The van der Waals surface area contributed by atoms with Crippen LogP contribution in [0.1, 0.15) is 37.3 Å². The molecule has 2 amide bonds. The summed E-state index contributed by atoms with van der Waals surface area (Å²) in [6.07, 6.45) is 4.83. The number of hydrogen-bond donors (Lipinski definition) is 2. The molecule has 5 nitrogen and oxygen atoms in total. The molecule has 22 heavy (non-hydrogen) atoms. The zero-order chi connectivity index (χ0) is 14.9. The van der Waals surface area contributed by atoms with E-state index in [0.717, 1.165) is 23.6 Å². The van der Waals surface area contributed by atoms with E-state index in [0.29, 0.717) is 25.0 Å². The summed E-state index contributed by atoms with van der Waals surface area (Å²) in [5, 5.41) is 6.12. The van der Waals surface area contributed by atoms with E-state index in [2.05, 4.69) is 10.6 Å². The quantitative estimate of drug-likeness (QED) is 0.879. The van der Waals surface area contributed by atoms with E-state index in [1.165, 1.54) is 25.7 Å². The van der Waals surface area contributed by atoms with Crippen LogP contribution in [0, 0.1) is 11.8 Å². The highest BCUT2D eigenvalue weighted by Crippen LogP contribution is 2.43. The molecule has 0 radical (unpaired) electrons. The van der Waals surface area contributed by atoms with Gasteiger partial charge in [0.2, 0.25) is 0 Å². The lowest BCUT2D eigenvalue weighted by molar-refractivity contribution is 0.171. The van der Waals surface area contributed by atoms with E-state index < -0.39 is 0 Å². The Labute approximate surface area is 130 Å². The van der Waals surface area contributed by atoms with Crippen LogP contribution < -0.4 is 20.1 Å². The van der Waals surface area contributed by atoms with Crippen LogP contribution in [0.15, 0.2) is 18.2 Å². The molecule has 4 rings (SSSR count). The van der Waals surface area contributed by atoms with Crippen molar-refractivity contribution in [1.29, 1.82) is 0 Å². The van der Waals surface area contributed by atoms with Crippen molar-refractivity contribution in [3.63, 3.8) is 0 Å². The van der Waals surface area contributed by atoms with Gasteiger partial charge in [-0.25, -0.2) is 4.79 Å². The molecular weight excluding hydrogens is 280 g/mol. The van der Waals surface area contributed by atoms with Crippen molar-refractivity contribution in [3.05, 3.63) is 23.8 Å². The van der Waals surface area contributed by atoms with Crippen LogP contribution in [0.25, 0.3) is 0 Å². The van der Waals surface area contributed by atoms with Crippen LogP contribution in [0.2, 0.25) is 0 Å². The highest BCUT2D eigenvalue weighted by molar-refractivity contribution is 5.74. The lowest BCUT2D eigenvalue weighted by Crippen LogP contribution is -2.39. The fraction of sp³-hybridized carbons (Fsp3) is 0.588. The van der Waals surface area contributed by atoms with Crippen LogP contribution in [0.5, 0.6) is 11.5 Å². The summed E-state index contributed by atoms with van der Waals surface area (Å²) in [5.41, 5.74) is 1.10. The van der Waals surface area contributed by atoms with Gasteiger partial charge < -0.3 is 20.1 Å². The second kappa shape index (κ2) is 5.71. The number of rotatable bonds is 5. The molecule has 0 bridgehead atoms. The lowest BCUT2D eigenvalue weighted by Gasteiger charge is -2.23. The van der Waals surface area contributed by atoms with Crippen molar-refractivity contribution in [2.45, 2.75) is 31.7 Å². The van der Waals surface area contributed by atoms with Gasteiger partial charge in [0, 0.05) is 6.54 Å². The Morgan fingerprint density at radius 2 is 1.91 bits per heavy atom. The molecule has 1 atom stereocenters. The molecule has 2 N–H and O–H groups in total. The molecule has 0 spiro atoms. The minimum atomic E-state index is -0.0568. The zero-order valence-electron chi connectivity index (χ0n) is 12.6. The first-order valence-corrected chi connectivity index (χ1v) is 8.23. The molecule has 1 aromatic carbocycles. The topological polar surface area (TPSA) is 59.6 Å². The minimum absolute atomic E-state index is 0.0568. The van der Waals surface area contributed by atoms with Gasteiger partial charge in [-0.2, -0.15) is 0 Å². The Hall–Kier alpha value is -1.91. The Morgan fingerprint density at radius 1 is 1.14 bits per heavy atom. The molecule has 2 aliphatic carbocycles. The number of carbonyl (C=O) groups is 1. The molecule has 3 aliphatic rings. The standard InChI is InChI=1S/C17H22N2O3/c20-17(18-10-11-1-2-11)19-16(12-3-4-12)13-5-6-14-15(9-13)22-8-7-21-14/h5-6,9,11-12,16H,1-4,7-8,10H2,(H2,18,19,20)/t16-/m1/s1. The molecule has 0 aromatic heterocycles. The van der Waals surface area contributed by atoms with Crippen LogP contribution in [0.3, 0.4) is 0 Å².